The van der Waals surface area contributed by atoms with Crippen LogP contribution in [0.3, 0.4) is 0 Å². The largest absolute Gasteiger partial charge is 0.394 e. The van der Waals surface area contributed by atoms with E-state index in [1.54, 1.807) is 4.90 Å². The summed E-state index contributed by atoms with van der Waals surface area (Å²) in [6, 6.07) is -0.113. The molecule has 1 aliphatic rings. The molecule has 1 amide bonds. The van der Waals surface area contributed by atoms with E-state index >= 15 is 0 Å². The second kappa shape index (κ2) is 5.06. The lowest BCUT2D eigenvalue weighted by Crippen LogP contribution is -2.40. The zero-order chi connectivity index (χ0) is 13.3. The highest BCUT2D eigenvalue weighted by Gasteiger charge is 2.35. The Hall–Kier alpha value is -1.43. The minimum absolute atomic E-state index is 0.00559. The first kappa shape index (κ1) is 13.0. The first-order valence-corrected chi connectivity index (χ1v) is 6.38. The molecule has 6 heteroatoms. The highest BCUT2D eigenvalue weighted by atomic mass is 16.3. The van der Waals surface area contributed by atoms with Crippen molar-refractivity contribution in [3.05, 3.63) is 11.6 Å². The fourth-order valence-corrected chi connectivity index (χ4v) is 2.30. The van der Waals surface area contributed by atoms with Crippen LogP contribution in [-0.4, -0.2) is 50.3 Å². The number of rotatable bonds is 3. The topological polar surface area (TPSA) is 82.1 Å². The number of carbonyl (C=O) groups excluding carboxylic acids is 1. The van der Waals surface area contributed by atoms with E-state index in [9.17, 15) is 9.90 Å². The third-order valence-electron chi connectivity index (χ3n) is 3.57. The van der Waals surface area contributed by atoms with Gasteiger partial charge in [0.15, 0.2) is 0 Å². The lowest BCUT2D eigenvalue weighted by molar-refractivity contribution is 0.0636. The number of amides is 1. The van der Waals surface area contributed by atoms with E-state index in [0.717, 1.165) is 6.42 Å². The van der Waals surface area contributed by atoms with E-state index in [1.807, 2.05) is 20.8 Å². The highest BCUT2D eigenvalue weighted by molar-refractivity contribution is 5.90. The smallest absolute Gasteiger partial charge is 0.293 e. The Labute approximate surface area is 106 Å². The Bertz CT molecular complexity index is 429. The van der Waals surface area contributed by atoms with Crippen molar-refractivity contribution in [1.29, 1.82) is 0 Å². The van der Waals surface area contributed by atoms with Gasteiger partial charge in [-0.1, -0.05) is 20.8 Å². The maximum Gasteiger partial charge on any atom is 0.293 e. The van der Waals surface area contributed by atoms with E-state index in [4.69, 9.17) is 0 Å². The molecular weight excluding hydrogens is 232 g/mol. The standard InChI is InChI=1S/C12H20N4O2/c1-7(2)10-13-11(15-14-10)12(18)16-5-4-8(3)9(16)6-17/h7-9,17H,4-6H2,1-3H3,(H,13,14,15). The summed E-state index contributed by atoms with van der Waals surface area (Å²) in [6.45, 7) is 6.68. The number of aliphatic hydroxyl groups excluding tert-OH is 1. The minimum atomic E-state index is -0.193. The lowest BCUT2D eigenvalue weighted by Gasteiger charge is -2.23. The Morgan fingerprint density at radius 3 is 2.89 bits per heavy atom. The summed E-state index contributed by atoms with van der Waals surface area (Å²) < 4.78 is 0. The SMILES string of the molecule is CC(C)c1nc(C(=O)N2CCC(C)C2CO)n[nH]1. The molecule has 0 aliphatic carbocycles. The van der Waals surface area contributed by atoms with Gasteiger partial charge in [-0.3, -0.25) is 9.89 Å². The molecule has 2 unspecified atom stereocenters. The van der Waals surface area contributed by atoms with Crippen molar-refractivity contribution in [2.24, 2.45) is 5.92 Å². The number of nitrogens with zero attached hydrogens (tertiary/aromatic N) is 3. The average Bonchev–Trinajstić information content (AvgIpc) is 2.94. The fraction of sp³-hybridized carbons (Fsp3) is 0.750. The van der Waals surface area contributed by atoms with Crippen LogP contribution in [0.4, 0.5) is 0 Å². The molecule has 1 aromatic heterocycles. The van der Waals surface area contributed by atoms with Crippen LogP contribution in [-0.2, 0) is 0 Å². The van der Waals surface area contributed by atoms with Crippen molar-refractivity contribution in [3.8, 4) is 0 Å². The van der Waals surface area contributed by atoms with Gasteiger partial charge >= 0.3 is 0 Å². The van der Waals surface area contributed by atoms with Crippen LogP contribution in [0.25, 0.3) is 0 Å². The van der Waals surface area contributed by atoms with Crippen molar-refractivity contribution in [3.63, 3.8) is 0 Å². The van der Waals surface area contributed by atoms with Gasteiger partial charge < -0.3 is 10.0 Å². The number of carbonyl (C=O) groups is 1. The van der Waals surface area contributed by atoms with Gasteiger partial charge in [0.2, 0.25) is 5.82 Å². The molecule has 1 fully saturated rings. The molecule has 0 bridgehead atoms. The molecule has 2 heterocycles. The van der Waals surface area contributed by atoms with Crippen LogP contribution in [0.15, 0.2) is 0 Å². The second-order valence-corrected chi connectivity index (χ2v) is 5.21. The van der Waals surface area contributed by atoms with E-state index in [1.165, 1.54) is 0 Å². The predicted molar refractivity (Wildman–Crippen MR) is 66.2 cm³/mol. The first-order valence-electron chi connectivity index (χ1n) is 6.38. The number of hydrogen-bond acceptors (Lipinski definition) is 4. The Balaban J connectivity index is 2.15. The maximum atomic E-state index is 12.3. The van der Waals surface area contributed by atoms with E-state index in [0.29, 0.717) is 18.3 Å². The second-order valence-electron chi connectivity index (χ2n) is 5.21. The molecule has 1 saturated heterocycles. The van der Waals surface area contributed by atoms with Crippen molar-refractivity contribution in [2.45, 2.75) is 39.2 Å². The van der Waals surface area contributed by atoms with Gasteiger partial charge in [0.25, 0.3) is 5.91 Å². The van der Waals surface area contributed by atoms with Crippen LogP contribution < -0.4 is 0 Å². The molecule has 1 aromatic rings. The van der Waals surface area contributed by atoms with Crippen LogP contribution in [0, 0.1) is 5.92 Å². The molecule has 0 aromatic carbocycles. The third-order valence-corrected chi connectivity index (χ3v) is 3.57. The van der Waals surface area contributed by atoms with Gasteiger partial charge in [-0.25, -0.2) is 4.98 Å². The summed E-state index contributed by atoms with van der Waals surface area (Å²) in [5.74, 6) is 1.26. The van der Waals surface area contributed by atoms with Crippen LogP contribution in [0.2, 0.25) is 0 Å². The van der Waals surface area contributed by atoms with Gasteiger partial charge in [0.05, 0.1) is 12.6 Å². The fourth-order valence-electron chi connectivity index (χ4n) is 2.30. The zero-order valence-corrected chi connectivity index (χ0v) is 11.1. The summed E-state index contributed by atoms with van der Waals surface area (Å²) >= 11 is 0. The number of nitrogens with one attached hydrogen (secondary N) is 1. The number of aromatic nitrogens is 3. The Morgan fingerprint density at radius 1 is 1.61 bits per heavy atom. The molecule has 2 atom stereocenters. The van der Waals surface area contributed by atoms with Crippen LogP contribution >= 0.6 is 0 Å². The third kappa shape index (κ3) is 2.25. The maximum absolute atomic E-state index is 12.3. The van der Waals surface area contributed by atoms with Crippen molar-refractivity contribution < 1.29 is 9.90 Å². The number of likely N-dealkylation sites (tertiary alicyclic amines) is 1. The Kier molecular flexibility index (Phi) is 3.65. The summed E-state index contributed by atoms with van der Waals surface area (Å²) in [5.41, 5.74) is 0. The van der Waals surface area contributed by atoms with Crippen molar-refractivity contribution in [1.82, 2.24) is 20.1 Å². The van der Waals surface area contributed by atoms with Crippen LogP contribution in [0.5, 0.6) is 0 Å². The summed E-state index contributed by atoms with van der Waals surface area (Å²) in [7, 11) is 0. The first-order chi connectivity index (χ1) is 8.54. The normalized spacial score (nSPS) is 23.9. The number of H-pyrrole nitrogens is 1. The molecule has 1 aliphatic heterocycles. The summed E-state index contributed by atoms with van der Waals surface area (Å²) in [5, 5.41) is 16.1. The van der Waals surface area contributed by atoms with Gasteiger partial charge in [-0.2, -0.15) is 0 Å². The van der Waals surface area contributed by atoms with Gasteiger partial charge in [-0.15, -0.1) is 5.10 Å². The molecule has 100 valence electrons. The lowest BCUT2D eigenvalue weighted by atomic mass is 10.0. The van der Waals surface area contributed by atoms with Gasteiger partial charge in [0, 0.05) is 12.5 Å². The predicted octanol–water partition coefficient (Wildman–Crippen LogP) is 0.771. The monoisotopic (exact) mass is 252 g/mol. The highest BCUT2D eigenvalue weighted by Crippen LogP contribution is 2.24. The number of aromatic amines is 1. The average molecular weight is 252 g/mol. The molecule has 2 N–H and O–H groups in total. The molecule has 0 saturated carbocycles. The van der Waals surface area contributed by atoms with Crippen molar-refractivity contribution >= 4 is 5.91 Å². The summed E-state index contributed by atoms with van der Waals surface area (Å²) in [4.78, 5) is 18.2. The molecule has 6 nitrogen and oxygen atoms in total. The summed E-state index contributed by atoms with van der Waals surface area (Å²) in [6.07, 6.45) is 0.915. The van der Waals surface area contributed by atoms with E-state index in [2.05, 4.69) is 15.2 Å². The quantitative estimate of drug-likeness (QED) is 0.832. The molecule has 2 rings (SSSR count). The van der Waals surface area contributed by atoms with Crippen LogP contribution in [0.1, 0.15) is 49.6 Å². The molecule has 0 spiro atoms. The minimum Gasteiger partial charge on any atom is -0.394 e. The molecule has 0 radical (unpaired) electrons. The van der Waals surface area contributed by atoms with E-state index < -0.39 is 0 Å². The number of aliphatic hydroxyl groups is 1. The van der Waals surface area contributed by atoms with Crippen molar-refractivity contribution in [2.75, 3.05) is 13.2 Å². The van der Waals surface area contributed by atoms with E-state index in [-0.39, 0.29) is 30.3 Å². The Morgan fingerprint density at radius 2 is 2.33 bits per heavy atom. The molecular formula is C12H20N4O2. The van der Waals surface area contributed by atoms with Gasteiger partial charge in [0.1, 0.15) is 5.82 Å². The zero-order valence-electron chi connectivity index (χ0n) is 11.1. The number of hydrogen-bond donors (Lipinski definition) is 2. The molecule has 18 heavy (non-hydrogen) atoms. The van der Waals surface area contributed by atoms with Gasteiger partial charge in [-0.05, 0) is 12.3 Å².